The van der Waals surface area contributed by atoms with Crippen LogP contribution in [0.1, 0.15) is 28.8 Å². The van der Waals surface area contributed by atoms with E-state index < -0.39 is 5.91 Å². The summed E-state index contributed by atoms with van der Waals surface area (Å²) in [5.74, 6) is -0.912. The van der Waals surface area contributed by atoms with Crippen LogP contribution >= 0.6 is 24.0 Å². The molecule has 0 unspecified atom stereocenters. The van der Waals surface area contributed by atoms with Crippen LogP contribution in [0.4, 0.5) is 10.1 Å². The molecule has 0 aliphatic carbocycles. The molecule has 150 valence electrons. The van der Waals surface area contributed by atoms with Crippen LogP contribution in [-0.2, 0) is 11.3 Å². The standard InChI is InChI=1S/C20H21ClFN3O2.ClH/c21-17-6-5-15(25-19(26)13-7-9-23-10-8-13)11-16(17)20(27)24-12-14-3-1-2-4-18(14)22;/h1-6,11,13,23H,7-10,12H2,(H,24,27)(H,25,26);1H. The van der Waals surface area contributed by atoms with E-state index in [0.29, 0.717) is 11.3 Å². The minimum atomic E-state index is -0.429. The second kappa shape index (κ2) is 10.4. The Morgan fingerprint density at radius 1 is 1.14 bits per heavy atom. The van der Waals surface area contributed by atoms with Crippen molar-refractivity contribution in [2.75, 3.05) is 18.4 Å². The van der Waals surface area contributed by atoms with Gasteiger partial charge in [-0.05, 0) is 50.2 Å². The van der Waals surface area contributed by atoms with Crippen LogP contribution < -0.4 is 16.0 Å². The van der Waals surface area contributed by atoms with Crippen molar-refractivity contribution in [2.24, 2.45) is 5.92 Å². The lowest BCUT2D eigenvalue weighted by Gasteiger charge is -2.22. The molecule has 1 heterocycles. The Morgan fingerprint density at radius 3 is 2.57 bits per heavy atom. The number of anilines is 1. The van der Waals surface area contributed by atoms with E-state index in [4.69, 9.17) is 11.6 Å². The Hall–Kier alpha value is -2.15. The van der Waals surface area contributed by atoms with Gasteiger partial charge in [0.2, 0.25) is 5.91 Å². The Kier molecular flexibility index (Phi) is 8.23. The number of carbonyl (C=O) groups is 2. The van der Waals surface area contributed by atoms with Crippen LogP contribution in [0.25, 0.3) is 0 Å². The third kappa shape index (κ3) is 5.67. The van der Waals surface area contributed by atoms with E-state index in [2.05, 4.69) is 16.0 Å². The zero-order chi connectivity index (χ0) is 19.2. The summed E-state index contributed by atoms with van der Waals surface area (Å²) in [6, 6.07) is 11.0. The lowest BCUT2D eigenvalue weighted by atomic mass is 9.97. The highest BCUT2D eigenvalue weighted by Gasteiger charge is 2.21. The molecule has 0 atom stereocenters. The Bertz CT molecular complexity index is 842. The van der Waals surface area contributed by atoms with Gasteiger partial charge in [-0.3, -0.25) is 9.59 Å². The van der Waals surface area contributed by atoms with Gasteiger partial charge >= 0.3 is 0 Å². The number of hydrogen-bond acceptors (Lipinski definition) is 3. The van der Waals surface area contributed by atoms with E-state index in [-0.39, 0.29) is 47.2 Å². The summed E-state index contributed by atoms with van der Waals surface area (Å²) in [6.45, 7) is 1.69. The topological polar surface area (TPSA) is 70.2 Å². The molecule has 8 heteroatoms. The Balaban J connectivity index is 0.00000280. The van der Waals surface area contributed by atoms with E-state index >= 15 is 0 Å². The van der Waals surface area contributed by atoms with Gasteiger partial charge in [0.15, 0.2) is 0 Å². The molecule has 0 radical (unpaired) electrons. The molecule has 2 aromatic carbocycles. The number of nitrogens with one attached hydrogen (secondary N) is 3. The first-order valence-electron chi connectivity index (χ1n) is 8.87. The summed E-state index contributed by atoms with van der Waals surface area (Å²) >= 11 is 6.13. The third-order valence-corrected chi connectivity index (χ3v) is 4.92. The molecule has 0 bridgehead atoms. The summed E-state index contributed by atoms with van der Waals surface area (Å²) in [5, 5.41) is 8.99. The number of piperidine rings is 1. The van der Waals surface area contributed by atoms with Gasteiger partial charge in [0.1, 0.15) is 5.82 Å². The van der Waals surface area contributed by atoms with Crippen molar-refractivity contribution in [3.8, 4) is 0 Å². The van der Waals surface area contributed by atoms with Gasteiger partial charge in [-0.15, -0.1) is 12.4 Å². The molecule has 1 aliphatic heterocycles. The molecule has 3 rings (SSSR count). The largest absolute Gasteiger partial charge is 0.348 e. The molecule has 5 nitrogen and oxygen atoms in total. The molecular formula is C20H22Cl2FN3O2. The Labute approximate surface area is 174 Å². The lowest BCUT2D eigenvalue weighted by Crippen LogP contribution is -2.34. The monoisotopic (exact) mass is 425 g/mol. The SMILES string of the molecule is Cl.O=C(NCc1ccccc1F)c1cc(NC(=O)C2CCNCC2)ccc1Cl. The third-order valence-electron chi connectivity index (χ3n) is 4.59. The zero-order valence-corrected chi connectivity index (χ0v) is 16.7. The highest BCUT2D eigenvalue weighted by molar-refractivity contribution is 6.34. The molecule has 0 aromatic heterocycles. The average molecular weight is 426 g/mol. The minimum Gasteiger partial charge on any atom is -0.348 e. The van der Waals surface area contributed by atoms with E-state index in [1.807, 2.05) is 0 Å². The van der Waals surface area contributed by atoms with Crippen molar-refractivity contribution in [3.05, 3.63) is 64.4 Å². The van der Waals surface area contributed by atoms with Crippen LogP contribution in [0.15, 0.2) is 42.5 Å². The predicted octanol–water partition coefficient (Wildman–Crippen LogP) is 3.77. The average Bonchev–Trinajstić information content (AvgIpc) is 2.69. The quantitative estimate of drug-likeness (QED) is 0.682. The number of benzene rings is 2. The first-order chi connectivity index (χ1) is 13.0. The molecule has 0 saturated carbocycles. The number of hydrogen-bond donors (Lipinski definition) is 3. The smallest absolute Gasteiger partial charge is 0.253 e. The first kappa shape index (κ1) is 22.1. The minimum absolute atomic E-state index is 0. The van der Waals surface area contributed by atoms with Crippen molar-refractivity contribution in [1.29, 1.82) is 0 Å². The van der Waals surface area contributed by atoms with E-state index in [0.717, 1.165) is 25.9 Å². The molecule has 0 spiro atoms. The summed E-state index contributed by atoms with van der Waals surface area (Å²) < 4.78 is 13.7. The molecule has 2 amide bonds. The van der Waals surface area contributed by atoms with Gasteiger partial charge in [0.05, 0.1) is 10.6 Å². The van der Waals surface area contributed by atoms with Gasteiger partial charge in [-0.2, -0.15) is 0 Å². The normalized spacial score (nSPS) is 14.1. The highest BCUT2D eigenvalue weighted by atomic mass is 35.5. The van der Waals surface area contributed by atoms with Gasteiger partial charge in [0, 0.05) is 23.7 Å². The van der Waals surface area contributed by atoms with E-state index in [1.165, 1.54) is 12.1 Å². The maximum atomic E-state index is 13.7. The van der Waals surface area contributed by atoms with Gasteiger partial charge in [-0.25, -0.2) is 4.39 Å². The van der Waals surface area contributed by atoms with Crippen molar-refractivity contribution in [3.63, 3.8) is 0 Å². The molecule has 3 N–H and O–H groups in total. The highest BCUT2D eigenvalue weighted by Crippen LogP contribution is 2.22. The van der Waals surface area contributed by atoms with Crippen molar-refractivity contribution >= 4 is 41.5 Å². The van der Waals surface area contributed by atoms with Crippen LogP contribution in [-0.4, -0.2) is 24.9 Å². The second-order valence-electron chi connectivity index (χ2n) is 6.48. The summed E-state index contributed by atoms with van der Waals surface area (Å²) in [6.07, 6.45) is 1.57. The first-order valence-corrected chi connectivity index (χ1v) is 9.25. The van der Waals surface area contributed by atoms with Crippen LogP contribution in [0, 0.1) is 11.7 Å². The van der Waals surface area contributed by atoms with E-state index in [9.17, 15) is 14.0 Å². The second-order valence-corrected chi connectivity index (χ2v) is 6.89. The summed E-state index contributed by atoms with van der Waals surface area (Å²) in [5.41, 5.74) is 1.13. The molecule has 2 aromatic rings. The molecular weight excluding hydrogens is 404 g/mol. The van der Waals surface area contributed by atoms with Crippen molar-refractivity contribution in [1.82, 2.24) is 10.6 Å². The number of halogens is 3. The zero-order valence-electron chi connectivity index (χ0n) is 15.1. The number of carbonyl (C=O) groups excluding carboxylic acids is 2. The van der Waals surface area contributed by atoms with Gasteiger partial charge in [-0.1, -0.05) is 29.8 Å². The van der Waals surface area contributed by atoms with Crippen LogP contribution in [0.2, 0.25) is 5.02 Å². The van der Waals surface area contributed by atoms with Crippen LogP contribution in [0.3, 0.4) is 0 Å². The lowest BCUT2D eigenvalue weighted by molar-refractivity contribution is -0.120. The van der Waals surface area contributed by atoms with Gasteiger partial charge < -0.3 is 16.0 Å². The summed E-state index contributed by atoms with van der Waals surface area (Å²) in [7, 11) is 0. The number of amides is 2. The predicted molar refractivity (Wildman–Crippen MR) is 110 cm³/mol. The fourth-order valence-corrected chi connectivity index (χ4v) is 3.22. The molecule has 1 saturated heterocycles. The van der Waals surface area contributed by atoms with Crippen LogP contribution in [0.5, 0.6) is 0 Å². The fourth-order valence-electron chi connectivity index (χ4n) is 3.02. The maximum Gasteiger partial charge on any atom is 0.253 e. The summed E-state index contributed by atoms with van der Waals surface area (Å²) in [4.78, 5) is 24.8. The van der Waals surface area contributed by atoms with Crippen molar-refractivity contribution < 1.29 is 14.0 Å². The van der Waals surface area contributed by atoms with Crippen molar-refractivity contribution in [2.45, 2.75) is 19.4 Å². The number of rotatable bonds is 5. The fraction of sp³-hybridized carbons (Fsp3) is 0.300. The van der Waals surface area contributed by atoms with Gasteiger partial charge in [0.25, 0.3) is 5.91 Å². The molecule has 28 heavy (non-hydrogen) atoms. The molecule has 1 aliphatic rings. The Morgan fingerprint density at radius 2 is 1.86 bits per heavy atom. The maximum absolute atomic E-state index is 13.7. The molecule has 1 fully saturated rings. The van der Waals surface area contributed by atoms with E-state index in [1.54, 1.807) is 30.3 Å².